The van der Waals surface area contributed by atoms with Crippen LogP contribution in [0.2, 0.25) is 0 Å². The lowest BCUT2D eigenvalue weighted by Crippen LogP contribution is -2.34. The number of Topliss-reactive ketones (excluding diaryl/α,β-unsaturated/α-hetero) is 1. The van der Waals surface area contributed by atoms with E-state index in [0.29, 0.717) is 5.56 Å². The van der Waals surface area contributed by atoms with Gasteiger partial charge in [-0.25, -0.2) is 0 Å². The number of ketones is 1. The third-order valence-corrected chi connectivity index (χ3v) is 5.15. The minimum atomic E-state index is -0.423. The standard InChI is InChI=1S/C19H27NO2/c1-12(17(20)22)10-16(21)13-6-7-14-15(11-13)19(4,5)9-8-18(14,2)3/h6-7,11-12H,8-10H2,1-5H3,(H2,20,22). The summed E-state index contributed by atoms with van der Waals surface area (Å²) in [6, 6.07) is 6.03. The Morgan fingerprint density at radius 2 is 1.64 bits per heavy atom. The Morgan fingerprint density at radius 1 is 1.09 bits per heavy atom. The number of hydrogen-bond donors (Lipinski definition) is 1. The topological polar surface area (TPSA) is 60.2 Å². The van der Waals surface area contributed by atoms with Crippen molar-refractivity contribution in [1.29, 1.82) is 0 Å². The highest BCUT2D eigenvalue weighted by Gasteiger charge is 2.37. The Labute approximate surface area is 133 Å². The third kappa shape index (κ3) is 3.08. The normalized spacial score (nSPS) is 20.0. The van der Waals surface area contributed by atoms with Gasteiger partial charge in [0, 0.05) is 17.9 Å². The molecule has 22 heavy (non-hydrogen) atoms. The van der Waals surface area contributed by atoms with Crippen LogP contribution in [0.1, 0.15) is 75.4 Å². The number of carbonyl (C=O) groups excluding carboxylic acids is 2. The zero-order valence-corrected chi connectivity index (χ0v) is 14.3. The molecule has 1 unspecified atom stereocenters. The van der Waals surface area contributed by atoms with Crippen LogP contribution in [0.4, 0.5) is 0 Å². The molecule has 3 heteroatoms. The summed E-state index contributed by atoms with van der Waals surface area (Å²) in [7, 11) is 0. The van der Waals surface area contributed by atoms with Crippen LogP contribution in [0, 0.1) is 5.92 Å². The van der Waals surface area contributed by atoms with E-state index in [9.17, 15) is 9.59 Å². The van der Waals surface area contributed by atoms with E-state index in [1.54, 1.807) is 6.92 Å². The van der Waals surface area contributed by atoms with E-state index in [0.717, 1.165) is 12.8 Å². The molecule has 0 fully saturated rings. The van der Waals surface area contributed by atoms with E-state index in [2.05, 4.69) is 33.8 Å². The lowest BCUT2D eigenvalue weighted by molar-refractivity contribution is -0.121. The van der Waals surface area contributed by atoms with Crippen LogP contribution in [0.3, 0.4) is 0 Å². The van der Waals surface area contributed by atoms with Crippen LogP contribution in [0.15, 0.2) is 18.2 Å². The fourth-order valence-electron chi connectivity index (χ4n) is 3.26. The summed E-state index contributed by atoms with van der Waals surface area (Å²) in [5.41, 5.74) is 8.78. The molecule has 2 N–H and O–H groups in total. The van der Waals surface area contributed by atoms with E-state index in [1.165, 1.54) is 11.1 Å². The maximum absolute atomic E-state index is 12.4. The second-order valence-corrected chi connectivity index (χ2v) is 7.96. The molecule has 1 aliphatic rings. The Hall–Kier alpha value is -1.64. The predicted molar refractivity (Wildman–Crippen MR) is 89.0 cm³/mol. The maximum Gasteiger partial charge on any atom is 0.220 e. The van der Waals surface area contributed by atoms with Gasteiger partial charge in [0.2, 0.25) is 5.91 Å². The molecule has 0 heterocycles. The molecule has 0 radical (unpaired) electrons. The van der Waals surface area contributed by atoms with Crippen molar-refractivity contribution >= 4 is 11.7 Å². The zero-order valence-electron chi connectivity index (χ0n) is 14.3. The van der Waals surface area contributed by atoms with Crippen molar-refractivity contribution in [3.63, 3.8) is 0 Å². The molecule has 0 aromatic heterocycles. The van der Waals surface area contributed by atoms with E-state index >= 15 is 0 Å². The number of hydrogen-bond acceptors (Lipinski definition) is 2. The summed E-state index contributed by atoms with van der Waals surface area (Å²) in [6.07, 6.45) is 2.44. The molecular weight excluding hydrogens is 274 g/mol. The quantitative estimate of drug-likeness (QED) is 0.861. The average Bonchev–Trinajstić information content (AvgIpc) is 2.43. The second-order valence-electron chi connectivity index (χ2n) is 7.96. The number of fused-ring (bicyclic) bond motifs is 1. The lowest BCUT2D eigenvalue weighted by Gasteiger charge is -2.42. The van der Waals surface area contributed by atoms with Gasteiger partial charge in [0.1, 0.15) is 0 Å². The number of primary amides is 1. The van der Waals surface area contributed by atoms with Crippen molar-refractivity contribution in [2.75, 3.05) is 0 Å². The Morgan fingerprint density at radius 3 is 2.18 bits per heavy atom. The molecule has 1 atom stereocenters. The fourth-order valence-corrected chi connectivity index (χ4v) is 3.26. The van der Waals surface area contributed by atoms with E-state index in [-0.39, 0.29) is 23.0 Å². The molecule has 3 nitrogen and oxygen atoms in total. The molecule has 0 aliphatic heterocycles. The third-order valence-electron chi connectivity index (χ3n) is 5.15. The summed E-state index contributed by atoms with van der Waals surface area (Å²) >= 11 is 0. The van der Waals surface area contributed by atoms with Crippen molar-refractivity contribution in [3.05, 3.63) is 34.9 Å². The second kappa shape index (κ2) is 5.53. The maximum atomic E-state index is 12.4. The van der Waals surface area contributed by atoms with E-state index in [1.807, 2.05) is 12.1 Å². The molecule has 1 amide bonds. The van der Waals surface area contributed by atoms with Crippen LogP contribution < -0.4 is 5.73 Å². The first-order valence-electron chi connectivity index (χ1n) is 8.02. The number of nitrogens with two attached hydrogens (primary N) is 1. The smallest absolute Gasteiger partial charge is 0.220 e. The molecule has 2 rings (SSSR count). The summed E-state index contributed by atoms with van der Waals surface area (Å²) in [5, 5.41) is 0. The molecule has 0 saturated carbocycles. The summed E-state index contributed by atoms with van der Waals surface area (Å²) < 4.78 is 0. The number of benzene rings is 1. The first-order chi connectivity index (χ1) is 10.0. The molecule has 120 valence electrons. The van der Waals surface area contributed by atoms with Gasteiger partial charge in [-0.2, -0.15) is 0 Å². The zero-order chi connectivity index (χ0) is 16.7. The van der Waals surface area contributed by atoms with Gasteiger partial charge >= 0.3 is 0 Å². The van der Waals surface area contributed by atoms with Crippen molar-refractivity contribution < 1.29 is 9.59 Å². The van der Waals surface area contributed by atoms with E-state index in [4.69, 9.17) is 5.73 Å². The highest BCUT2D eigenvalue weighted by Crippen LogP contribution is 2.45. The summed E-state index contributed by atoms with van der Waals surface area (Å²) in [4.78, 5) is 23.6. The van der Waals surface area contributed by atoms with Gasteiger partial charge in [0.25, 0.3) is 0 Å². The summed E-state index contributed by atoms with van der Waals surface area (Å²) in [5.74, 6) is -0.853. The minimum absolute atomic E-state index is 0.00622. The van der Waals surface area contributed by atoms with Gasteiger partial charge < -0.3 is 5.73 Å². The van der Waals surface area contributed by atoms with Crippen LogP contribution in [0.25, 0.3) is 0 Å². The Bertz CT molecular complexity index is 614. The van der Waals surface area contributed by atoms with Crippen molar-refractivity contribution in [2.24, 2.45) is 11.7 Å². The van der Waals surface area contributed by atoms with Gasteiger partial charge in [0.15, 0.2) is 5.78 Å². The predicted octanol–water partition coefficient (Wildman–Crippen LogP) is 3.73. The molecule has 1 aromatic carbocycles. The van der Waals surface area contributed by atoms with Crippen molar-refractivity contribution in [2.45, 2.75) is 64.7 Å². The SMILES string of the molecule is CC(CC(=O)c1ccc2c(c1)C(C)(C)CCC2(C)C)C(N)=O. The van der Waals surface area contributed by atoms with Crippen LogP contribution >= 0.6 is 0 Å². The van der Waals surface area contributed by atoms with Crippen LogP contribution in [-0.4, -0.2) is 11.7 Å². The largest absolute Gasteiger partial charge is 0.369 e. The van der Waals surface area contributed by atoms with Gasteiger partial charge in [-0.05, 0) is 40.9 Å². The highest BCUT2D eigenvalue weighted by molar-refractivity contribution is 5.98. The average molecular weight is 301 g/mol. The molecule has 0 spiro atoms. The number of amides is 1. The fraction of sp³-hybridized carbons (Fsp3) is 0.579. The monoisotopic (exact) mass is 301 g/mol. The van der Waals surface area contributed by atoms with E-state index < -0.39 is 11.8 Å². The molecular formula is C19H27NO2. The minimum Gasteiger partial charge on any atom is -0.369 e. The molecule has 0 saturated heterocycles. The molecule has 1 aromatic rings. The highest BCUT2D eigenvalue weighted by atomic mass is 16.1. The van der Waals surface area contributed by atoms with Gasteiger partial charge in [-0.1, -0.05) is 46.8 Å². The molecule has 0 bridgehead atoms. The van der Waals surface area contributed by atoms with Crippen molar-refractivity contribution in [3.8, 4) is 0 Å². The first kappa shape index (κ1) is 16.7. The van der Waals surface area contributed by atoms with Crippen LogP contribution in [0.5, 0.6) is 0 Å². The summed E-state index contributed by atoms with van der Waals surface area (Å²) in [6.45, 7) is 10.7. The van der Waals surface area contributed by atoms with Crippen molar-refractivity contribution in [1.82, 2.24) is 0 Å². The van der Waals surface area contributed by atoms with Gasteiger partial charge in [-0.15, -0.1) is 0 Å². The first-order valence-corrected chi connectivity index (χ1v) is 8.02. The van der Waals surface area contributed by atoms with Gasteiger partial charge in [-0.3, -0.25) is 9.59 Å². The lowest BCUT2D eigenvalue weighted by atomic mass is 9.63. The number of rotatable bonds is 4. The Kier molecular flexibility index (Phi) is 4.20. The Balaban J connectivity index is 2.38. The number of carbonyl (C=O) groups is 2. The van der Waals surface area contributed by atoms with Crippen LogP contribution in [-0.2, 0) is 15.6 Å². The molecule has 1 aliphatic carbocycles. The van der Waals surface area contributed by atoms with Gasteiger partial charge in [0.05, 0.1) is 0 Å².